The second-order valence-electron chi connectivity index (χ2n) is 3.30. The number of Topliss-reactive ketones (excluding diaryl/α,β-unsaturated/α-hetero) is 1. The minimum atomic E-state index is 0.264. The Morgan fingerprint density at radius 3 is 3.00 bits per heavy atom. The van der Waals surface area contributed by atoms with Crippen molar-refractivity contribution in [2.45, 2.75) is 25.4 Å². The fraction of sp³-hybridized carbons (Fsp3) is 0.875. The van der Waals surface area contributed by atoms with E-state index in [1.807, 2.05) is 0 Å². The van der Waals surface area contributed by atoms with Gasteiger partial charge < -0.3 is 4.74 Å². The first-order valence-electron chi connectivity index (χ1n) is 3.88. The van der Waals surface area contributed by atoms with E-state index >= 15 is 0 Å². The molecule has 0 aliphatic heterocycles. The van der Waals surface area contributed by atoms with E-state index in [0.29, 0.717) is 11.7 Å². The van der Waals surface area contributed by atoms with Gasteiger partial charge in [-0.1, -0.05) is 0 Å². The molecule has 3 atom stereocenters. The van der Waals surface area contributed by atoms with Crippen LogP contribution in [0.25, 0.3) is 0 Å². The number of methoxy groups -OCH3 is 1. The smallest absolute Gasteiger partial charge is 0.138 e. The van der Waals surface area contributed by atoms with Gasteiger partial charge in [0.15, 0.2) is 0 Å². The average molecular weight is 140 g/mol. The maximum absolute atomic E-state index is 11.1. The molecule has 0 amide bonds. The van der Waals surface area contributed by atoms with Gasteiger partial charge in [-0.25, -0.2) is 0 Å². The monoisotopic (exact) mass is 140 g/mol. The highest BCUT2D eigenvalue weighted by Crippen LogP contribution is 2.45. The van der Waals surface area contributed by atoms with Crippen LogP contribution >= 0.6 is 0 Å². The summed E-state index contributed by atoms with van der Waals surface area (Å²) in [7, 11) is 1.70. The minimum absolute atomic E-state index is 0.264. The largest absolute Gasteiger partial charge is 0.381 e. The highest BCUT2D eigenvalue weighted by Gasteiger charge is 2.49. The Labute approximate surface area is 60.6 Å². The third-order valence-corrected chi connectivity index (χ3v) is 2.88. The van der Waals surface area contributed by atoms with Gasteiger partial charge in [-0.15, -0.1) is 0 Å². The lowest BCUT2D eigenvalue weighted by atomic mass is 9.73. The molecule has 0 N–H and O–H groups in total. The molecule has 10 heavy (non-hydrogen) atoms. The summed E-state index contributed by atoms with van der Waals surface area (Å²) in [5, 5.41) is 0. The maximum atomic E-state index is 11.1. The van der Waals surface area contributed by atoms with E-state index < -0.39 is 0 Å². The molecule has 0 radical (unpaired) electrons. The van der Waals surface area contributed by atoms with Crippen molar-refractivity contribution in [1.29, 1.82) is 0 Å². The Balaban J connectivity index is 2.06. The number of rotatable bonds is 1. The summed E-state index contributed by atoms with van der Waals surface area (Å²) in [5.41, 5.74) is 0. The van der Waals surface area contributed by atoms with Gasteiger partial charge in [0.05, 0.1) is 6.10 Å². The van der Waals surface area contributed by atoms with E-state index in [-0.39, 0.29) is 12.0 Å². The molecule has 2 fully saturated rings. The Hall–Kier alpha value is -0.370. The second kappa shape index (κ2) is 2.06. The predicted octanol–water partition coefficient (Wildman–Crippen LogP) is 1.00. The molecule has 2 heteroatoms. The second-order valence-corrected chi connectivity index (χ2v) is 3.30. The number of ketones is 1. The van der Waals surface area contributed by atoms with Crippen LogP contribution in [0.5, 0.6) is 0 Å². The van der Waals surface area contributed by atoms with Crippen LogP contribution in [0, 0.1) is 11.8 Å². The van der Waals surface area contributed by atoms with Crippen molar-refractivity contribution in [2.24, 2.45) is 11.8 Å². The lowest BCUT2D eigenvalue weighted by molar-refractivity contribution is -0.133. The molecule has 2 rings (SSSR count). The first kappa shape index (κ1) is 6.35. The fourth-order valence-corrected chi connectivity index (χ4v) is 2.20. The molecule has 0 saturated heterocycles. The Kier molecular flexibility index (Phi) is 1.31. The molecule has 2 saturated carbocycles. The normalized spacial score (nSPS) is 44.9. The number of carbonyl (C=O) groups is 1. The van der Waals surface area contributed by atoms with Gasteiger partial charge >= 0.3 is 0 Å². The standard InChI is InChI=1S/C8H12O2/c1-10-7-4-5-2-3-6(9)8(5)7/h5,7-8H,2-4H2,1H3. The highest BCUT2D eigenvalue weighted by molar-refractivity contribution is 5.85. The van der Waals surface area contributed by atoms with Crippen molar-refractivity contribution in [2.75, 3.05) is 7.11 Å². The molecule has 0 bridgehead atoms. The van der Waals surface area contributed by atoms with Gasteiger partial charge in [-0.3, -0.25) is 4.79 Å². The molecule has 56 valence electrons. The molecular formula is C8H12O2. The Morgan fingerprint density at radius 2 is 2.40 bits per heavy atom. The number of hydrogen-bond donors (Lipinski definition) is 0. The minimum Gasteiger partial charge on any atom is -0.381 e. The van der Waals surface area contributed by atoms with Crippen LogP contribution in [0.1, 0.15) is 19.3 Å². The molecule has 0 spiro atoms. The molecular weight excluding hydrogens is 128 g/mol. The molecule has 0 aromatic heterocycles. The summed E-state index contributed by atoms with van der Waals surface area (Å²) in [5.74, 6) is 1.39. The summed E-state index contributed by atoms with van der Waals surface area (Å²) in [6, 6.07) is 0. The van der Waals surface area contributed by atoms with Crippen molar-refractivity contribution in [3.63, 3.8) is 0 Å². The maximum Gasteiger partial charge on any atom is 0.138 e. The van der Waals surface area contributed by atoms with Gasteiger partial charge in [-0.2, -0.15) is 0 Å². The lowest BCUT2D eigenvalue weighted by Gasteiger charge is -2.37. The molecule has 2 aliphatic rings. The molecule has 0 aromatic rings. The molecule has 2 aliphatic carbocycles. The summed E-state index contributed by atoms with van der Waals surface area (Å²) in [4.78, 5) is 11.1. The predicted molar refractivity (Wildman–Crippen MR) is 36.6 cm³/mol. The van der Waals surface area contributed by atoms with Gasteiger partial charge in [0.25, 0.3) is 0 Å². The quantitative estimate of drug-likeness (QED) is 0.543. The third-order valence-electron chi connectivity index (χ3n) is 2.88. The number of hydrogen-bond acceptors (Lipinski definition) is 2. The van der Waals surface area contributed by atoms with Gasteiger partial charge in [0.2, 0.25) is 0 Å². The van der Waals surface area contributed by atoms with Gasteiger partial charge in [-0.05, 0) is 18.8 Å². The van der Waals surface area contributed by atoms with Crippen molar-refractivity contribution >= 4 is 5.78 Å². The van der Waals surface area contributed by atoms with Crippen molar-refractivity contribution in [1.82, 2.24) is 0 Å². The zero-order valence-electron chi connectivity index (χ0n) is 6.17. The van der Waals surface area contributed by atoms with Crippen LogP contribution < -0.4 is 0 Å². The first-order valence-corrected chi connectivity index (χ1v) is 3.88. The van der Waals surface area contributed by atoms with E-state index in [1.54, 1.807) is 7.11 Å². The van der Waals surface area contributed by atoms with Crippen molar-refractivity contribution < 1.29 is 9.53 Å². The Bertz CT molecular complexity index is 165. The number of fused-ring (bicyclic) bond motifs is 1. The summed E-state index contributed by atoms with van der Waals surface area (Å²) in [6.45, 7) is 0. The van der Waals surface area contributed by atoms with Crippen LogP contribution in [0.3, 0.4) is 0 Å². The average Bonchev–Trinajstić information content (AvgIpc) is 2.09. The molecule has 3 unspecified atom stereocenters. The van der Waals surface area contributed by atoms with Crippen LogP contribution in [0.4, 0.5) is 0 Å². The topological polar surface area (TPSA) is 26.3 Å². The molecule has 0 aromatic carbocycles. The van der Waals surface area contributed by atoms with E-state index in [1.165, 1.54) is 0 Å². The summed E-state index contributed by atoms with van der Waals surface area (Å²) in [6.07, 6.45) is 3.30. The van der Waals surface area contributed by atoms with Crippen LogP contribution in [0.2, 0.25) is 0 Å². The van der Waals surface area contributed by atoms with E-state index in [4.69, 9.17) is 4.74 Å². The van der Waals surface area contributed by atoms with Crippen LogP contribution in [-0.4, -0.2) is 19.0 Å². The zero-order valence-corrected chi connectivity index (χ0v) is 6.17. The van der Waals surface area contributed by atoms with Gasteiger partial charge in [0, 0.05) is 19.4 Å². The molecule has 0 heterocycles. The number of carbonyl (C=O) groups excluding carboxylic acids is 1. The van der Waals surface area contributed by atoms with Crippen molar-refractivity contribution in [3.8, 4) is 0 Å². The number of ether oxygens (including phenoxy) is 1. The Morgan fingerprint density at radius 1 is 1.60 bits per heavy atom. The van der Waals surface area contributed by atoms with Crippen LogP contribution in [-0.2, 0) is 9.53 Å². The first-order chi connectivity index (χ1) is 4.83. The SMILES string of the molecule is COC1CC2CCC(=O)C21. The van der Waals surface area contributed by atoms with Gasteiger partial charge in [0.1, 0.15) is 5.78 Å². The fourth-order valence-electron chi connectivity index (χ4n) is 2.20. The van der Waals surface area contributed by atoms with E-state index in [9.17, 15) is 4.79 Å². The lowest BCUT2D eigenvalue weighted by Crippen LogP contribution is -2.42. The summed E-state index contributed by atoms with van der Waals surface area (Å²) < 4.78 is 5.15. The highest BCUT2D eigenvalue weighted by atomic mass is 16.5. The zero-order chi connectivity index (χ0) is 7.14. The van der Waals surface area contributed by atoms with Crippen molar-refractivity contribution in [3.05, 3.63) is 0 Å². The van der Waals surface area contributed by atoms with Crippen LogP contribution in [0.15, 0.2) is 0 Å². The third kappa shape index (κ3) is 0.655. The van der Waals surface area contributed by atoms with E-state index in [0.717, 1.165) is 19.3 Å². The summed E-state index contributed by atoms with van der Waals surface area (Å²) >= 11 is 0. The molecule has 2 nitrogen and oxygen atoms in total. The van der Waals surface area contributed by atoms with E-state index in [2.05, 4.69) is 0 Å².